The summed E-state index contributed by atoms with van der Waals surface area (Å²) in [7, 11) is 0. The Morgan fingerprint density at radius 1 is 0.600 bits per heavy atom. The number of rotatable bonds is 3. The zero-order chi connectivity index (χ0) is 17.1. The molecule has 0 radical (unpaired) electrons. The number of hydrogen-bond acceptors (Lipinski definition) is 2. The molecule has 1 heterocycles. The number of H-pyrrole nitrogens is 1. The number of benzene rings is 3. The molecule has 0 bridgehead atoms. The lowest BCUT2D eigenvalue weighted by Crippen LogP contribution is -2.11. The molecule has 0 aliphatic rings. The van der Waals surface area contributed by atoms with Gasteiger partial charge in [-0.2, -0.15) is 4.98 Å². The third-order valence-corrected chi connectivity index (χ3v) is 4.12. The predicted molar refractivity (Wildman–Crippen MR) is 101 cm³/mol. The van der Waals surface area contributed by atoms with E-state index in [0.29, 0.717) is 5.69 Å². The molecule has 1 N–H and O–H groups in total. The molecule has 0 unspecified atom stereocenters. The van der Waals surface area contributed by atoms with Crippen LogP contribution >= 0.6 is 0 Å². The molecule has 120 valence electrons. The molecule has 1 aromatic heterocycles. The van der Waals surface area contributed by atoms with Gasteiger partial charge < -0.3 is 4.98 Å². The summed E-state index contributed by atoms with van der Waals surface area (Å²) in [6, 6.07) is 30.0. The molecule has 3 nitrogen and oxygen atoms in total. The maximum atomic E-state index is 12.0. The van der Waals surface area contributed by atoms with Gasteiger partial charge >= 0.3 is 5.69 Å². The lowest BCUT2D eigenvalue weighted by Gasteiger charge is -2.07. The standard InChI is InChI=1S/C22H16N2O/c25-22-23-20(18-9-5-2-6-10-18)15-21(24-22)19-13-11-17(12-14-19)16-7-3-1-4-8-16/h1-15H,(H,23,24,25). The van der Waals surface area contributed by atoms with E-state index in [1.165, 1.54) is 5.56 Å². The van der Waals surface area contributed by atoms with Crippen molar-refractivity contribution in [2.24, 2.45) is 0 Å². The van der Waals surface area contributed by atoms with Crippen LogP contribution in [-0.4, -0.2) is 9.97 Å². The molecule has 0 amide bonds. The van der Waals surface area contributed by atoms with Crippen molar-refractivity contribution in [1.82, 2.24) is 9.97 Å². The topological polar surface area (TPSA) is 45.8 Å². The Morgan fingerprint density at radius 2 is 1.12 bits per heavy atom. The van der Waals surface area contributed by atoms with Crippen LogP contribution in [0.1, 0.15) is 0 Å². The highest BCUT2D eigenvalue weighted by molar-refractivity contribution is 5.71. The molecule has 4 aromatic rings. The Bertz CT molecular complexity index is 1040. The van der Waals surface area contributed by atoms with E-state index in [4.69, 9.17) is 0 Å². The van der Waals surface area contributed by atoms with Crippen LogP contribution in [0.3, 0.4) is 0 Å². The highest BCUT2D eigenvalue weighted by atomic mass is 16.1. The maximum Gasteiger partial charge on any atom is 0.345 e. The van der Waals surface area contributed by atoms with E-state index in [0.717, 1.165) is 22.4 Å². The molecule has 0 saturated carbocycles. The van der Waals surface area contributed by atoms with Gasteiger partial charge in [-0.1, -0.05) is 84.9 Å². The van der Waals surface area contributed by atoms with Crippen LogP contribution in [0, 0.1) is 0 Å². The molecule has 0 aliphatic carbocycles. The number of aromatic nitrogens is 2. The van der Waals surface area contributed by atoms with Crippen molar-refractivity contribution >= 4 is 0 Å². The largest absolute Gasteiger partial charge is 0.345 e. The second kappa shape index (κ2) is 6.57. The van der Waals surface area contributed by atoms with E-state index in [2.05, 4.69) is 34.2 Å². The van der Waals surface area contributed by atoms with Gasteiger partial charge in [0, 0.05) is 5.56 Å². The van der Waals surface area contributed by atoms with Crippen LogP contribution in [0.5, 0.6) is 0 Å². The predicted octanol–water partition coefficient (Wildman–Crippen LogP) is 4.77. The first-order chi connectivity index (χ1) is 12.3. The van der Waals surface area contributed by atoms with Crippen LogP contribution < -0.4 is 5.69 Å². The second-order valence-electron chi connectivity index (χ2n) is 5.79. The Labute approximate surface area is 145 Å². The summed E-state index contributed by atoms with van der Waals surface area (Å²) in [6.45, 7) is 0. The van der Waals surface area contributed by atoms with Crippen LogP contribution in [0.2, 0.25) is 0 Å². The summed E-state index contributed by atoms with van der Waals surface area (Å²) in [6.07, 6.45) is 0. The van der Waals surface area contributed by atoms with E-state index in [-0.39, 0.29) is 5.69 Å². The van der Waals surface area contributed by atoms with Gasteiger partial charge in [0.25, 0.3) is 0 Å². The first-order valence-electron chi connectivity index (χ1n) is 8.12. The van der Waals surface area contributed by atoms with Gasteiger partial charge in [0.1, 0.15) is 0 Å². The van der Waals surface area contributed by atoms with Gasteiger partial charge in [0.2, 0.25) is 0 Å². The van der Waals surface area contributed by atoms with Gasteiger partial charge in [-0.15, -0.1) is 0 Å². The van der Waals surface area contributed by atoms with Crippen LogP contribution in [-0.2, 0) is 0 Å². The van der Waals surface area contributed by atoms with Crippen molar-refractivity contribution in [2.45, 2.75) is 0 Å². The third kappa shape index (κ3) is 3.26. The van der Waals surface area contributed by atoms with E-state index in [1.807, 2.05) is 66.7 Å². The zero-order valence-electron chi connectivity index (χ0n) is 13.5. The van der Waals surface area contributed by atoms with Crippen molar-refractivity contribution in [3.63, 3.8) is 0 Å². The molecule has 0 aliphatic heterocycles. The Morgan fingerprint density at radius 3 is 1.76 bits per heavy atom. The highest BCUT2D eigenvalue weighted by Gasteiger charge is 2.06. The van der Waals surface area contributed by atoms with E-state index in [1.54, 1.807) is 0 Å². The fraction of sp³-hybridized carbons (Fsp3) is 0. The normalized spacial score (nSPS) is 10.6. The minimum absolute atomic E-state index is 0.344. The fourth-order valence-electron chi connectivity index (χ4n) is 2.84. The highest BCUT2D eigenvalue weighted by Crippen LogP contribution is 2.25. The van der Waals surface area contributed by atoms with E-state index < -0.39 is 0 Å². The molecule has 25 heavy (non-hydrogen) atoms. The van der Waals surface area contributed by atoms with E-state index in [9.17, 15) is 4.79 Å². The average molecular weight is 324 g/mol. The van der Waals surface area contributed by atoms with E-state index >= 15 is 0 Å². The summed E-state index contributed by atoms with van der Waals surface area (Å²) in [4.78, 5) is 18.9. The molecule has 4 rings (SSSR count). The van der Waals surface area contributed by atoms with Crippen LogP contribution in [0.4, 0.5) is 0 Å². The third-order valence-electron chi connectivity index (χ3n) is 4.12. The number of nitrogens with zero attached hydrogens (tertiary/aromatic N) is 1. The van der Waals surface area contributed by atoms with Crippen molar-refractivity contribution in [3.05, 3.63) is 101 Å². The molecule has 0 atom stereocenters. The zero-order valence-corrected chi connectivity index (χ0v) is 13.5. The Kier molecular flexibility index (Phi) is 3.97. The lowest BCUT2D eigenvalue weighted by atomic mass is 10.0. The van der Waals surface area contributed by atoms with Gasteiger partial charge in [0.05, 0.1) is 11.4 Å². The summed E-state index contributed by atoms with van der Waals surface area (Å²) in [5.41, 5.74) is 5.28. The average Bonchev–Trinajstić information content (AvgIpc) is 2.69. The van der Waals surface area contributed by atoms with Crippen molar-refractivity contribution in [3.8, 4) is 33.6 Å². The smallest absolute Gasteiger partial charge is 0.305 e. The minimum atomic E-state index is -0.344. The summed E-state index contributed by atoms with van der Waals surface area (Å²) >= 11 is 0. The first kappa shape index (κ1) is 15.1. The van der Waals surface area contributed by atoms with Crippen molar-refractivity contribution in [1.29, 1.82) is 0 Å². The minimum Gasteiger partial charge on any atom is -0.305 e. The summed E-state index contributed by atoms with van der Waals surface area (Å²) in [5.74, 6) is 0. The van der Waals surface area contributed by atoms with Gasteiger partial charge in [-0.25, -0.2) is 4.79 Å². The molecule has 0 spiro atoms. The van der Waals surface area contributed by atoms with Crippen molar-refractivity contribution < 1.29 is 0 Å². The Hall–Kier alpha value is -3.46. The maximum absolute atomic E-state index is 12.0. The Balaban J connectivity index is 1.73. The summed E-state index contributed by atoms with van der Waals surface area (Å²) < 4.78 is 0. The first-order valence-corrected chi connectivity index (χ1v) is 8.12. The summed E-state index contributed by atoms with van der Waals surface area (Å²) in [5, 5.41) is 0. The number of aromatic amines is 1. The molecule has 3 aromatic carbocycles. The van der Waals surface area contributed by atoms with Gasteiger partial charge in [0.15, 0.2) is 0 Å². The number of nitrogens with one attached hydrogen (secondary N) is 1. The van der Waals surface area contributed by atoms with Crippen LogP contribution in [0.15, 0.2) is 95.8 Å². The SMILES string of the molecule is O=c1nc(-c2ccccc2)cc(-c2ccc(-c3ccccc3)cc2)[nH]1. The van der Waals surface area contributed by atoms with Crippen molar-refractivity contribution in [2.75, 3.05) is 0 Å². The molecule has 0 saturated heterocycles. The lowest BCUT2D eigenvalue weighted by molar-refractivity contribution is 1.09. The number of hydrogen-bond donors (Lipinski definition) is 1. The molecular weight excluding hydrogens is 308 g/mol. The molecule has 0 fully saturated rings. The van der Waals surface area contributed by atoms with Crippen LogP contribution in [0.25, 0.3) is 33.6 Å². The van der Waals surface area contributed by atoms with Gasteiger partial charge in [-0.3, -0.25) is 0 Å². The quantitative estimate of drug-likeness (QED) is 0.590. The fourth-order valence-corrected chi connectivity index (χ4v) is 2.84. The van der Waals surface area contributed by atoms with Gasteiger partial charge in [-0.05, 0) is 22.8 Å². The molecule has 3 heteroatoms. The second-order valence-corrected chi connectivity index (χ2v) is 5.79. The monoisotopic (exact) mass is 324 g/mol. The molecular formula is C22H16N2O.